The molecule has 0 bridgehead atoms. The number of carboxylic acid groups (broad SMARTS) is 1. The van der Waals surface area contributed by atoms with Crippen LogP contribution in [0, 0.1) is 5.92 Å². The van der Waals surface area contributed by atoms with Gasteiger partial charge in [0.1, 0.15) is 6.67 Å². The van der Waals surface area contributed by atoms with Crippen molar-refractivity contribution in [3.8, 4) is 0 Å². The Hall–Kier alpha value is -2.44. The third-order valence-electron chi connectivity index (χ3n) is 3.92. The average Bonchev–Trinajstić information content (AvgIpc) is 2.94. The van der Waals surface area contributed by atoms with E-state index in [4.69, 9.17) is 5.11 Å². The Labute approximate surface area is 133 Å². The number of anilines is 1. The highest BCUT2D eigenvalue weighted by Gasteiger charge is 2.36. The molecular weight excluding hydrogens is 303 g/mol. The Bertz CT molecular complexity index is 603. The van der Waals surface area contributed by atoms with Crippen molar-refractivity contribution in [3.05, 3.63) is 29.8 Å². The number of halogens is 1. The van der Waals surface area contributed by atoms with E-state index in [2.05, 4.69) is 5.32 Å². The van der Waals surface area contributed by atoms with Crippen molar-refractivity contribution in [2.45, 2.75) is 25.8 Å². The molecule has 0 spiro atoms. The molecule has 1 saturated heterocycles. The summed E-state index contributed by atoms with van der Waals surface area (Å²) >= 11 is 0. The molecular formula is C16H19FN2O4. The zero-order valence-electron chi connectivity index (χ0n) is 12.8. The number of alkyl halides is 1. The maximum atomic E-state index is 12.6. The molecule has 2 rings (SSSR count). The van der Waals surface area contributed by atoms with Crippen molar-refractivity contribution in [1.82, 2.24) is 5.32 Å². The molecule has 0 aromatic heterocycles. The summed E-state index contributed by atoms with van der Waals surface area (Å²) in [7, 11) is 0. The summed E-state index contributed by atoms with van der Waals surface area (Å²) in [6, 6.07) is 5.90. The summed E-state index contributed by atoms with van der Waals surface area (Å²) in [5.41, 5.74) is 1.84. The van der Waals surface area contributed by atoms with Crippen molar-refractivity contribution < 1.29 is 23.9 Å². The molecule has 23 heavy (non-hydrogen) atoms. The topological polar surface area (TPSA) is 86.7 Å². The number of aliphatic carboxylic acids is 1. The second-order valence-corrected chi connectivity index (χ2v) is 5.48. The molecule has 0 radical (unpaired) electrons. The largest absolute Gasteiger partial charge is 0.480 e. The minimum Gasteiger partial charge on any atom is -0.480 e. The van der Waals surface area contributed by atoms with Gasteiger partial charge in [0.2, 0.25) is 11.8 Å². The fourth-order valence-corrected chi connectivity index (χ4v) is 2.50. The van der Waals surface area contributed by atoms with Crippen LogP contribution in [0.15, 0.2) is 24.3 Å². The van der Waals surface area contributed by atoms with E-state index in [9.17, 15) is 18.8 Å². The summed E-state index contributed by atoms with van der Waals surface area (Å²) < 4.78 is 12.6. The molecule has 1 aromatic carbocycles. The van der Waals surface area contributed by atoms with Gasteiger partial charge in [-0.3, -0.25) is 9.59 Å². The third-order valence-corrected chi connectivity index (χ3v) is 3.92. The molecule has 2 unspecified atom stereocenters. The molecule has 124 valence electrons. The van der Waals surface area contributed by atoms with Gasteiger partial charge in [-0.1, -0.05) is 19.1 Å². The Balaban J connectivity index is 2.03. The maximum Gasteiger partial charge on any atom is 0.328 e. The van der Waals surface area contributed by atoms with Crippen molar-refractivity contribution in [2.75, 3.05) is 18.1 Å². The summed E-state index contributed by atoms with van der Waals surface area (Å²) in [5.74, 6) is -2.93. The van der Waals surface area contributed by atoms with E-state index in [0.29, 0.717) is 5.69 Å². The van der Waals surface area contributed by atoms with Crippen LogP contribution in [0.25, 0.3) is 0 Å². The molecule has 1 aliphatic rings. The number of carbonyl (C=O) groups is 3. The quantitative estimate of drug-likeness (QED) is 0.822. The number of nitrogens with one attached hydrogen (secondary N) is 1. The van der Waals surface area contributed by atoms with Crippen molar-refractivity contribution >= 4 is 23.5 Å². The Morgan fingerprint density at radius 3 is 2.57 bits per heavy atom. The lowest BCUT2D eigenvalue weighted by molar-refractivity contribution is -0.142. The van der Waals surface area contributed by atoms with Crippen LogP contribution < -0.4 is 10.2 Å². The molecule has 1 aromatic rings. The van der Waals surface area contributed by atoms with E-state index in [1.807, 2.05) is 31.2 Å². The predicted octanol–water partition coefficient (Wildman–Crippen LogP) is 1.14. The second kappa shape index (κ2) is 7.21. The lowest BCUT2D eigenvalue weighted by Crippen LogP contribution is -2.45. The number of amides is 2. The van der Waals surface area contributed by atoms with E-state index in [1.165, 1.54) is 4.90 Å². The van der Waals surface area contributed by atoms with Gasteiger partial charge < -0.3 is 15.3 Å². The minimum atomic E-state index is -1.57. The SMILES string of the molecule is CCc1ccc(N2CC(C(=O)NC(CF)C(=O)O)CC2=O)cc1. The molecule has 0 saturated carbocycles. The first-order valence-electron chi connectivity index (χ1n) is 7.44. The third kappa shape index (κ3) is 3.85. The number of benzene rings is 1. The number of rotatable bonds is 6. The fraction of sp³-hybridized carbons (Fsp3) is 0.438. The van der Waals surface area contributed by atoms with E-state index in [0.717, 1.165) is 12.0 Å². The molecule has 7 heteroatoms. The van der Waals surface area contributed by atoms with Gasteiger partial charge in [-0.15, -0.1) is 0 Å². The number of nitrogens with zero attached hydrogens (tertiary/aromatic N) is 1. The molecule has 1 aliphatic heterocycles. The Morgan fingerprint density at radius 2 is 2.04 bits per heavy atom. The number of aryl methyl sites for hydroxylation is 1. The lowest BCUT2D eigenvalue weighted by atomic mass is 10.1. The summed E-state index contributed by atoms with van der Waals surface area (Å²) in [4.78, 5) is 36.4. The van der Waals surface area contributed by atoms with E-state index in [1.54, 1.807) is 0 Å². The highest BCUT2D eigenvalue weighted by atomic mass is 19.1. The standard InChI is InChI=1S/C16H19FN2O4/c1-2-10-3-5-12(6-4-10)19-9-11(7-14(19)20)15(21)18-13(8-17)16(22)23/h3-6,11,13H,2,7-9H2,1H3,(H,18,21)(H,22,23). The van der Waals surface area contributed by atoms with Crippen molar-refractivity contribution in [1.29, 1.82) is 0 Å². The highest BCUT2D eigenvalue weighted by Crippen LogP contribution is 2.25. The van der Waals surface area contributed by atoms with Gasteiger partial charge in [0, 0.05) is 18.7 Å². The van der Waals surface area contributed by atoms with Gasteiger partial charge >= 0.3 is 5.97 Å². The first-order valence-corrected chi connectivity index (χ1v) is 7.44. The lowest BCUT2D eigenvalue weighted by Gasteiger charge is -2.18. The van der Waals surface area contributed by atoms with Crippen LogP contribution in [0.5, 0.6) is 0 Å². The zero-order chi connectivity index (χ0) is 17.0. The molecule has 2 amide bonds. The van der Waals surface area contributed by atoms with Crippen LogP contribution in [0.3, 0.4) is 0 Å². The maximum absolute atomic E-state index is 12.6. The number of carboxylic acids is 1. The zero-order valence-corrected chi connectivity index (χ0v) is 12.8. The van der Waals surface area contributed by atoms with Gasteiger partial charge in [0.25, 0.3) is 0 Å². The summed E-state index contributed by atoms with van der Waals surface area (Å²) in [5, 5.41) is 10.9. The number of carbonyl (C=O) groups excluding carboxylic acids is 2. The van der Waals surface area contributed by atoms with Crippen LogP contribution in [-0.4, -0.2) is 42.2 Å². The molecule has 2 N–H and O–H groups in total. The normalized spacial score (nSPS) is 18.8. The first-order chi connectivity index (χ1) is 11.0. The second-order valence-electron chi connectivity index (χ2n) is 5.48. The molecule has 6 nitrogen and oxygen atoms in total. The van der Waals surface area contributed by atoms with Crippen molar-refractivity contribution in [3.63, 3.8) is 0 Å². The molecule has 2 atom stereocenters. The van der Waals surface area contributed by atoms with Gasteiger partial charge in [0.15, 0.2) is 6.04 Å². The minimum absolute atomic E-state index is 0.0139. The van der Waals surface area contributed by atoms with Gasteiger partial charge in [-0.25, -0.2) is 9.18 Å². The summed E-state index contributed by atoms with van der Waals surface area (Å²) in [6.45, 7) is 0.999. The average molecular weight is 322 g/mol. The molecule has 1 fully saturated rings. The number of hydrogen-bond acceptors (Lipinski definition) is 3. The van der Waals surface area contributed by atoms with E-state index >= 15 is 0 Å². The van der Waals surface area contributed by atoms with Crippen LogP contribution in [0.1, 0.15) is 18.9 Å². The molecule has 0 aliphatic carbocycles. The Kier molecular flexibility index (Phi) is 5.31. The van der Waals surface area contributed by atoms with Crippen molar-refractivity contribution in [2.24, 2.45) is 5.92 Å². The van der Waals surface area contributed by atoms with E-state index < -0.39 is 30.5 Å². The van der Waals surface area contributed by atoms with Gasteiger partial charge in [0.05, 0.1) is 5.92 Å². The Morgan fingerprint density at radius 1 is 1.39 bits per heavy atom. The predicted molar refractivity (Wildman–Crippen MR) is 81.8 cm³/mol. The van der Waals surface area contributed by atoms with Gasteiger partial charge in [-0.05, 0) is 24.1 Å². The van der Waals surface area contributed by atoms with Gasteiger partial charge in [-0.2, -0.15) is 0 Å². The fourth-order valence-electron chi connectivity index (χ4n) is 2.50. The highest BCUT2D eigenvalue weighted by molar-refractivity contribution is 6.00. The van der Waals surface area contributed by atoms with Crippen LogP contribution in [-0.2, 0) is 20.8 Å². The monoisotopic (exact) mass is 322 g/mol. The number of hydrogen-bond donors (Lipinski definition) is 2. The van der Waals surface area contributed by atoms with Crippen LogP contribution in [0.2, 0.25) is 0 Å². The smallest absolute Gasteiger partial charge is 0.328 e. The summed E-state index contributed by atoms with van der Waals surface area (Å²) in [6.07, 6.45) is 0.874. The van der Waals surface area contributed by atoms with Crippen LogP contribution >= 0.6 is 0 Å². The van der Waals surface area contributed by atoms with Crippen LogP contribution in [0.4, 0.5) is 10.1 Å². The van der Waals surface area contributed by atoms with E-state index in [-0.39, 0.29) is 18.9 Å². The first kappa shape index (κ1) is 16.9. The molecule has 1 heterocycles.